The van der Waals surface area contributed by atoms with Crippen molar-refractivity contribution in [2.24, 2.45) is 0 Å². The highest BCUT2D eigenvalue weighted by atomic mass is 16.1. The molecule has 0 aliphatic heterocycles. The van der Waals surface area contributed by atoms with Crippen LogP contribution in [-0.2, 0) is 4.79 Å². The zero-order valence-electron chi connectivity index (χ0n) is 11.7. The molecule has 1 N–H and O–H groups in total. The van der Waals surface area contributed by atoms with Crippen LogP contribution in [0.15, 0.2) is 42.5 Å². The molecule has 19 heavy (non-hydrogen) atoms. The summed E-state index contributed by atoms with van der Waals surface area (Å²) in [4.78, 5) is 11.7. The molecule has 1 aromatic carbocycles. The molecule has 102 valence electrons. The molecule has 0 radical (unpaired) electrons. The van der Waals surface area contributed by atoms with Crippen LogP contribution in [0.1, 0.15) is 50.6 Å². The van der Waals surface area contributed by atoms with Crippen LogP contribution in [0.3, 0.4) is 0 Å². The first-order valence-corrected chi connectivity index (χ1v) is 7.19. The summed E-state index contributed by atoms with van der Waals surface area (Å²) < 4.78 is 0. The van der Waals surface area contributed by atoms with Crippen LogP contribution in [0.4, 0.5) is 0 Å². The summed E-state index contributed by atoms with van der Waals surface area (Å²) in [5, 5.41) is 3.63. The highest BCUT2D eigenvalue weighted by Crippen LogP contribution is 2.25. The zero-order chi connectivity index (χ0) is 13.7. The van der Waals surface area contributed by atoms with E-state index >= 15 is 0 Å². The van der Waals surface area contributed by atoms with E-state index in [2.05, 4.69) is 24.0 Å². The first-order chi connectivity index (χ1) is 9.18. The Morgan fingerprint density at radius 1 is 1.21 bits per heavy atom. The minimum Gasteiger partial charge on any atom is -0.303 e. The second kappa shape index (κ2) is 6.67. The van der Waals surface area contributed by atoms with Gasteiger partial charge in [-0.15, -0.1) is 0 Å². The van der Waals surface area contributed by atoms with Crippen LogP contribution in [0.5, 0.6) is 0 Å². The molecule has 2 nitrogen and oxygen atoms in total. The van der Waals surface area contributed by atoms with Gasteiger partial charge in [0.1, 0.15) is 0 Å². The van der Waals surface area contributed by atoms with Gasteiger partial charge in [-0.3, -0.25) is 4.79 Å². The highest BCUT2D eigenvalue weighted by molar-refractivity contribution is 5.94. The average molecular weight is 257 g/mol. The number of carbonyl (C=O) groups is 1. The number of hydrogen-bond donors (Lipinski definition) is 1. The van der Waals surface area contributed by atoms with Crippen molar-refractivity contribution in [1.29, 1.82) is 0 Å². The fourth-order valence-corrected chi connectivity index (χ4v) is 2.75. The molecule has 0 aromatic heterocycles. The number of nitrogens with one attached hydrogen (secondary N) is 1. The molecule has 1 atom stereocenters. The first kappa shape index (κ1) is 14.0. The minimum atomic E-state index is -0.0400. The Balaban J connectivity index is 2.14. The lowest BCUT2D eigenvalue weighted by Gasteiger charge is -2.29. The van der Waals surface area contributed by atoms with Gasteiger partial charge in [-0.2, -0.15) is 0 Å². The van der Waals surface area contributed by atoms with Crippen LogP contribution >= 0.6 is 0 Å². The van der Waals surface area contributed by atoms with E-state index in [4.69, 9.17) is 0 Å². The second-order valence-electron chi connectivity index (χ2n) is 5.43. The highest BCUT2D eigenvalue weighted by Gasteiger charge is 2.22. The maximum atomic E-state index is 11.7. The van der Waals surface area contributed by atoms with E-state index in [1.165, 1.54) is 32.1 Å². The second-order valence-corrected chi connectivity index (χ2v) is 5.43. The largest absolute Gasteiger partial charge is 0.303 e. The standard InChI is InChI=1S/C17H23NO/c1-13(14(2)19)17(15-9-5-3-6-10-15)18-16-11-7-4-8-12-16/h3,5-6,9-10,16-18H,1,4,7-8,11-12H2,2H3. The van der Waals surface area contributed by atoms with Crippen LogP contribution in [-0.4, -0.2) is 11.8 Å². The normalized spacial score (nSPS) is 17.9. The lowest BCUT2D eigenvalue weighted by Crippen LogP contribution is -2.36. The number of rotatable bonds is 5. The lowest BCUT2D eigenvalue weighted by molar-refractivity contribution is -0.113. The van der Waals surface area contributed by atoms with E-state index in [1.54, 1.807) is 6.92 Å². The molecule has 0 heterocycles. The average Bonchev–Trinajstić information content (AvgIpc) is 2.46. The molecule has 2 rings (SSSR count). The van der Waals surface area contributed by atoms with Gasteiger partial charge in [-0.25, -0.2) is 0 Å². The Labute approximate surface area is 115 Å². The molecule has 1 aliphatic carbocycles. The van der Waals surface area contributed by atoms with Gasteiger partial charge in [0.25, 0.3) is 0 Å². The van der Waals surface area contributed by atoms with Crippen molar-refractivity contribution >= 4 is 5.78 Å². The molecule has 0 bridgehead atoms. The van der Waals surface area contributed by atoms with E-state index in [1.807, 2.05) is 18.2 Å². The van der Waals surface area contributed by atoms with Crippen molar-refractivity contribution in [2.45, 2.75) is 51.1 Å². The molecule has 1 saturated carbocycles. The minimum absolute atomic E-state index is 0.0400. The van der Waals surface area contributed by atoms with Crippen LogP contribution < -0.4 is 5.32 Å². The fourth-order valence-electron chi connectivity index (χ4n) is 2.75. The predicted octanol–water partition coefficient (Wildman–Crippen LogP) is 3.80. The van der Waals surface area contributed by atoms with Crippen molar-refractivity contribution in [3.05, 3.63) is 48.0 Å². The Morgan fingerprint density at radius 2 is 1.84 bits per heavy atom. The number of Topliss-reactive ketones (excluding diaryl/α,β-unsaturated/α-hetero) is 1. The number of carbonyl (C=O) groups excluding carboxylic acids is 1. The lowest BCUT2D eigenvalue weighted by atomic mass is 9.91. The summed E-state index contributed by atoms with van der Waals surface area (Å²) in [6, 6.07) is 10.6. The van der Waals surface area contributed by atoms with Crippen LogP contribution in [0.25, 0.3) is 0 Å². The third-order valence-corrected chi connectivity index (χ3v) is 3.94. The Hall–Kier alpha value is -1.41. The van der Waals surface area contributed by atoms with Gasteiger partial charge in [0.15, 0.2) is 5.78 Å². The molecule has 1 aromatic rings. The predicted molar refractivity (Wildman–Crippen MR) is 79.0 cm³/mol. The summed E-state index contributed by atoms with van der Waals surface area (Å²) in [7, 11) is 0. The SMILES string of the molecule is C=C(C(C)=O)C(NC1CCCCC1)c1ccccc1. The van der Waals surface area contributed by atoms with Gasteiger partial charge in [-0.05, 0) is 25.3 Å². The summed E-state index contributed by atoms with van der Waals surface area (Å²) in [5.41, 5.74) is 1.80. The number of hydrogen-bond acceptors (Lipinski definition) is 2. The molecule has 1 unspecified atom stereocenters. The maximum Gasteiger partial charge on any atom is 0.157 e. The van der Waals surface area contributed by atoms with Crippen molar-refractivity contribution in [2.75, 3.05) is 0 Å². The smallest absolute Gasteiger partial charge is 0.157 e. The summed E-state index contributed by atoms with van der Waals surface area (Å²) >= 11 is 0. The van der Waals surface area contributed by atoms with Gasteiger partial charge in [0.05, 0.1) is 6.04 Å². The first-order valence-electron chi connectivity index (χ1n) is 7.19. The number of ketones is 1. The van der Waals surface area contributed by atoms with Crippen molar-refractivity contribution in [3.63, 3.8) is 0 Å². The van der Waals surface area contributed by atoms with Gasteiger partial charge >= 0.3 is 0 Å². The van der Waals surface area contributed by atoms with E-state index < -0.39 is 0 Å². The Kier molecular flexibility index (Phi) is 4.92. The monoisotopic (exact) mass is 257 g/mol. The molecule has 1 fully saturated rings. The summed E-state index contributed by atoms with van der Waals surface area (Å²) in [6.07, 6.45) is 6.31. The van der Waals surface area contributed by atoms with Crippen LogP contribution in [0, 0.1) is 0 Å². The molecular formula is C17H23NO. The van der Waals surface area contributed by atoms with Gasteiger partial charge in [0, 0.05) is 11.6 Å². The van der Waals surface area contributed by atoms with Crippen molar-refractivity contribution < 1.29 is 4.79 Å². The summed E-state index contributed by atoms with van der Waals surface area (Å²) in [5.74, 6) is 0.0668. The molecule has 0 amide bonds. The quantitative estimate of drug-likeness (QED) is 0.813. The molecule has 0 spiro atoms. The Bertz CT molecular complexity index is 432. The molecule has 0 saturated heterocycles. The van der Waals surface area contributed by atoms with E-state index in [9.17, 15) is 4.79 Å². The summed E-state index contributed by atoms with van der Waals surface area (Å²) in [6.45, 7) is 5.58. The van der Waals surface area contributed by atoms with Crippen LogP contribution in [0.2, 0.25) is 0 Å². The Morgan fingerprint density at radius 3 is 2.42 bits per heavy atom. The van der Waals surface area contributed by atoms with E-state index in [-0.39, 0.29) is 11.8 Å². The van der Waals surface area contributed by atoms with Gasteiger partial charge in [0.2, 0.25) is 0 Å². The zero-order valence-corrected chi connectivity index (χ0v) is 11.7. The fraction of sp³-hybridized carbons (Fsp3) is 0.471. The maximum absolute atomic E-state index is 11.7. The van der Waals surface area contributed by atoms with E-state index in [0.29, 0.717) is 11.6 Å². The van der Waals surface area contributed by atoms with Crippen molar-refractivity contribution in [1.82, 2.24) is 5.32 Å². The van der Waals surface area contributed by atoms with E-state index in [0.717, 1.165) is 5.56 Å². The molecule has 2 heteroatoms. The van der Waals surface area contributed by atoms with Gasteiger partial charge in [-0.1, -0.05) is 56.2 Å². The molecule has 1 aliphatic rings. The number of benzene rings is 1. The van der Waals surface area contributed by atoms with Crippen molar-refractivity contribution in [3.8, 4) is 0 Å². The molecular weight excluding hydrogens is 234 g/mol. The van der Waals surface area contributed by atoms with Gasteiger partial charge < -0.3 is 5.32 Å². The topological polar surface area (TPSA) is 29.1 Å². The third kappa shape index (κ3) is 3.77. The third-order valence-electron chi connectivity index (χ3n) is 3.94.